The van der Waals surface area contributed by atoms with E-state index in [0.717, 1.165) is 38.5 Å². The maximum atomic E-state index is 13.4. The zero-order valence-electron chi connectivity index (χ0n) is 19.6. The van der Waals surface area contributed by atoms with Gasteiger partial charge in [-0.1, -0.05) is 48.0 Å². The highest BCUT2D eigenvalue weighted by Crippen LogP contribution is 2.30. The molecule has 0 saturated carbocycles. The lowest BCUT2D eigenvalue weighted by atomic mass is 9.91. The number of nitrogens with zero attached hydrogens (tertiary/aromatic N) is 2. The molecule has 1 unspecified atom stereocenters. The van der Waals surface area contributed by atoms with Crippen LogP contribution in [0.2, 0.25) is 6.43 Å². The van der Waals surface area contributed by atoms with Crippen molar-refractivity contribution in [3.8, 4) is 0 Å². The molecule has 168 valence electrons. The number of fused-ring (bicyclic) bond motifs is 2. The number of hydrogen-bond acceptors (Lipinski definition) is 3. The number of hydrazone groups is 1. The Morgan fingerprint density at radius 3 is 2.82 bits per heavy atom. The molecule has 2 aromatic heterocycles. The second kappa shape index (κ2) is 8.19. The van der Waals surface area contributed by atoms with Gasteiger partial charge in [0, 0.05) is 41.1 Å². The predicted molar refractivity (Wildman–Crippen MR) is 139 cm³/mol. The summed E-state index contributed by atoms with van der Waals surface area (Å²) in [5.41, 5.74) is 7.03. The number of aromatic amines is 1. The first-order valence-electron chi connectivity index (χ1n) is 11.7. The van der Waals surface area contributed by atoms with E-state index in [1.165, 1.54) is 5.42 Å². The van der Waals surface area contributed by atoms with Gasteiger partial charge in [-0.15, -0.1) is 0 Å². The van der Waals surface area contributed by atoms with E-state index in [4.69, 9.17) is 13.0 Å². The Kier molecular flexibility index (Phi) is 4.73. The largest absolute Gasteiger partial charge is 0.351 e. The molecular weight excluding hydrogens is 444 g/mol. The van der Waals surface area contributed by atoms with Gasteiger partial charge in [0.25, 0.3) is 5.56 Å². The van der Waals surface area contributed by atoms with Gasteiger partial charge in [0.15, 0.2) is 1.41 Å². The van der Waals surface area contributed by atoms with Gasteiger partial charge in [-0.05, 0) is 64.9 Å². The third kappa shape index (κ3) is 3.58. The van der Waals surface area contributed by atoms with E-state index in [1.807, 2.05) is 61.8 Å². The lowest BCUT2D eigenvalue weighted by molar-refractivity contribution is 0.620. The van der Waals surface area contributed by atoms with Crippen molar-refractivity contribution in [2.75, 3.05) is 0 Å². The first-order valence-corrected chi connectivity index (χ1v) is 11.6. The second-order valence-corrected chi connectivity index (χ2v) is 9.22. The quantitative estimate of drug-likeness (QED) is 0.356. The first-order chi connectivity index (χ1) is 17.0. The third-order valence-corrected chi connectivity index (χ3v) is 6.83. The molecule has 3 heterocycles. The van der Waals surface area contributed by atoms with Crippen LogP contribution < -0.4 is 11.0 Å². The highest BCUT2D eigenvalue weighted by atomic mass is 35.5. The molecule has 34 heavy (non-hydrogen) atoms. The van der Waals surface area contributed by atoms with Crippen LogP contribution in [0.5, 0.6) is 0 Å². The van der Waals surface area contributed by atoms with E-state index >= 15 is 0 Å². The van der Waals surface area contributed by atoms with Gasteiger partial charge in [0.2, 0.25) is 0 Å². The molecule has 1 aliphatic heterocycles. The highest BCUT2D eigenvalue weighted by Gasteiger charge is 2.26. The van der Waals surface area contributed by atoms with E-state index in [0.29, 0.717) is 29.1 Å². The van der Waals surface area contributed by atoms with Gasteiger partial charge in [0.1, 0.15) is 0 Å². The fourth-order valence-electron chi connectivity index (χ4n) is 4.87. The van der Waals surface area contributed by atoms with Crippen LogP contribution in [0.25, 0.3) is 21.8 Å². The molecule has 0 radical (unpaired) electrons. The standard InChI is InChI=1S/C28H23ClN4O/c1-33-12-11-19-14-18(7-10-26(19)33)24-16-25(32-31-24)27-22(13-17-5-3-2-4-6-17)21-15-20(29)8-9-23(21)30-28(27)34/h2-12,14-15,24,31H,13,16H2,1H3,(H,30,34)/i/hD. The summed E-state index contributed by atoms with van der Waals surface area (Å²) >= 11 is 6.36. The van der Waals surface area contributed by atoms with E-state index < -0.39 is 0 Å². The summed E-state index contributed by atoms with van der Waals surface area (Å²) in [7, 11) is 2.02. The third-order valence-electron chi connectivity index (χ3n) is 6.59. The Balaban J connectivity index is 1.46. The van der Waals surface area contributed by atoms with Gasteiger partial charge in [-0.3, -0.25) is 4.79 Å². The molecule has 0 amide bonds. The Labute approximate surface area is 203 Å². The van der Waals surface area contributed by atoms with Gasteiger partial charge in [-0.2, -0.15) is 5.10 Å². The van der Waals surface area contributed by atoms with E-state index in [2.05, 4.69) is 32.9 Å². The fourth-order valence-corrected chi connectivity index (χ4v) is 5.04. The average molecular weight is 468 g/mol. The fraction of sp³-hybridized carbons (Fsp3) is 0.143. The summed E-state index contributed by atoms with van der Waals surface area (Å²) in [4.78, 5) is 16.4. The molecule has 0 saturated heterocycles. The molecule has 0 spiro atoms. The average Bonchev–Trinajstić information content (AvgIpc) is 3.42. The minimum Gasteiger partial charge on any atom is -0.351 e. The number of benzene rings is 3. The van der Waals surface area contributed by atoms with Crippen molar-refractivity contribution in [2.24, 2.45) is 12.1 Å². The van der Waals surface area contributed by atoms with Gasteiger partial charge < -0.3 is 15.0 Å². The van der Waals surface area contributed by atoms with E-state index in [-0.39, 0.29) is 11.6 Å². The molecule has 5 nitrogen and oxygen atoms in total. The van der Waals surface area contributed by atoms with Crippen LogP contribution >= 0.6 is 11.6 Å². The molecule has 3 aromatic carbocycles. The predicted octanol–water partition coefficient (Wildman–Crippen LogP) is 5.70. The Morgan fingerprint density at radius 2 is 1.97 bits per heavy atom. The molecule has 0 bridgehead atoms. The number of pyridine rings is 1. The van der Waals surface area contributed by atoms with Crippen LogP contribution in [-0.2, 0) is 13.5 Å². The Bertz CT molecular complexity index is 1670. The smallest absolute Gasteiger partial charge is 0.257 e. The van der Waals surface area contributed by atoms with Gasteiger partial charge >= 0.3 is 0 Å². The van der Waals surface area contributed by atoms with Crippen molar-refractivity contribution < 1.29 is 1.41 Å². The highest BCUT2D eigenvalue weighted by molar-refractivity contribution is 6.31. The van der Waals surface area contributed by atoms with Crippen LogP contribution in [0.15, 0.2) is 88.9 Å². The summed E-state index contributed by atoms with van der Waals surface area (Å²) in [6.45, 7) is 0. The van der Waals surface area contributed by atoms with Crippen molar-refractivity contribution in [3.63, 3.8) is 0 Å². The van der Waals surface area contributed by atoms with Crippen LogP contribution in [0.1, 0.15) is 34.7 Å². The zero-order valence-corrected chi connectivity index (χ0v) is 19.4. The maximum absolute atomic E-state index is 13.4. The molecule has 0 aliphatic carbocycles. The summed E-state index contributed by atoms with van der Waals surface area (Å²) in [6, 6.07) is 23.6. The van der Waals surface area contributed by atoms with Crippen molar-refractivity contribution in [1.29, 1.82) is 0 Å². The normalized spacial score (nSPS) is 16.3. The van der Waals surface area contributed by atoms with Gasteiger partial charge in [-0.25, -0.2) is 0 Å². The summed E-state index contributed by atoms with van der Waals surface area (Å²) in [5.74, 6) is 0. The number of nitrogens with one attached hydrogen (secondary N) is 2. The molecule has 2 N–H and O–H groups in total. The van der Waals surface area contributed by atoms with Crippen molar-refractivity contribution >= 4 is 39.1 Å². The molecule has 6 heteroatoms. The maximum Gasteiger partial charge on any atom is 0.257 e. The zero-order chi connectivity index (χ0) is 24.1. The van der Waals surface area contributed by atoms with Gasteiger partial charge in [0.05, 0.1) is 17.3 Å². The van der Waals surface area contributed by atoms with E-state index in [9.17, 15) is 4.79 Å². The second-order valence-electron chi connectivity index (χ2n) is 8.79. The molecular formula is C28H23ClN4O. The molecule has 6 rings (SSSR count). The lowest BCUT2D eigenvalue weighted by Crippen LogP contribution is -2.21. The van der Waals surface area contributed by atoms with Crippen LogP contribution in [0.3, 0.4) is 0 Å². The van der Waals surface area contributed by atoms with Crippen molar-refractivity contribution in [1.82, 2.24) is 15.0 Å². The number of aromatic nitrogens is 2. The van der Waals surface area contributed by atoms with Crippen molar-refractivity contribution in [2.45, 2.75) is 18.9 Å². The SMILES string of the molecule is [2H]N1N=C(c2c(Cc3ccccc3)c3cc(Cl)ccc3[nH]c2=O)CC1c1ccc2c(ccn2C)c1. The number of rotatable bonds is 4. The first kappa shape index (κ1) is 19.6. The number of H-pyrrole nitrogens is 1. The minimum absolute atomic E-state index is 0.197. The van der Waals surface area contributed by atoms with Crippen molar-refractivity contribution in [3.05, 3.63) is 117 Å². The lowest BCUT2D eigenvalue weighted by Gasteiger charge is -2.14. The number of hydrogen-bond donors (Lipinski definition) is 2. The molecule has 1 atom stereocenters. The monoisotopic (exact) mass is 467 g/mol. The molecule has 5 aromatic rings. The van der Waals surface area contributed by atoms with Crippen LogP contribution in [0, 0.1) is 0 Å². The Morgan fingerprint density at radius 1 is 1.12 bits per heavy atom. The summed E-state index contributed by atoms with van der Waals surface area (Å²) in [5, 5.41) is 7.17. The summed E-state index contributed by atoms with van der Waals surface area (Å²) in [6.07, 6.45) is 3.06. The number of aryl methyl sites for hydroxylation is 1. The molecule has 1 aliphatic rings. The number of halogens is 1. The van der Waals surface area contributed by atoms with Crippen LogP contribution in [0.4, 0.5) is 0 Å². The molecule has 0 fully saturated rings. The van der Waals surface area contributed by atoms with Crippen LogP contribution in [-0.4, -0.2) is 15.3 Å². The van der Waals surface area contributed by atoms with E-state index in [1.54, 1.807) is 6.07 Å². The Hall–Kier alpha value is -3.83. The minimum atomic E-state index is -0.270. The topological polar surface area (TPSA) is 62.2 Å². The summed E-state index contributed by atoms with van der Waals surface area (Å²) < 4.78 is 10.7.